The van der Waals surface area contributed by atoms with Crippen molar-refractivity contribution >= 4 is 46.4 Å². The van der Waals surface area contributed by atoms with E-state index in [4.69, 9.17) is 4.99 Å². The molecule has 3 atom stereocenters. The number of nitrogens with one attached hydrogen (secondary N) is 3. The van der Waals surface area contributed by atoms with Gasteiger partial charge in [0.2, 0.25) is 0 Å². The minimum absolute atomic E-state index is 0. The van der Waals surface area contributed by atoms with Crippen LogP contribution in [0.15, 0.2) is 35.3 Å². The summed E-state index contributed by atoms with van der Waals surface area (Å²) in [5.41, 5.74) is 1.15. The monoisotopic (exact) mass is 506 g/mol. The highest BCUT2D eigenvalue weighted by atomic mass is 127. The molecule has 0 heterocycles. The molecule has 27 heavy (non-hydrogen) atoms. The predicted molar refractivity (Wildman–Crippen MR) is 129 cm³/mol. The van der Waals surface area contributed by atoms with Crippen molar-refractivity contribution in [1.29, 1.82) is 0 Å². The van der Waals surface area contributed by atoms with E-state index in [1.54, 1.807) is 0 Å². The summed E-state index contributed by atoms with van der Waals surface area (Å²) in [5, 5.41) is 10.6. The minimum atomic E-state index is -0.688. The largest absolute Gasteiger partial charge is 0.385 e. The number of nitrogens with zero attached hydrogens (tertiary/aromatic N) is 1. The van der Waals surface area contributed by atoms with Crippen LogP contribution in [0.5, 0.6) is 0 Å². The topological polar surface area (TPSA) is 65.5 Å². The summed E-state index contributed by atoms with van der Waals surface area (Å²) in [6, 6.07) is 10.6. The lowest BCUT2D eigenvalue weighted by atomic mass is 9.95. The Hall–Kier alpha value is -0.830. The van der Waals surface area contributed by atoms with Crippen LogP contribution in [0.2, 0.25) is 0 Å². The quantitative estimate of drug-likeness (QED) is 0.207. The van der Waals surface area contributed by atoms with Gasteiger partial charge < -0.3 is 16.0 Å². The van der Waals surface area contributed by atoms with Crippen molar-refractivity contribution in [2.75, 3.05) is 30.7 Å². The zero-order valence-electron chi connectivity index (χ0n) is 16.6. The molecule has 154 valence electrons. The number of para-hydroxylation sites is 1. The Morgan fingerprint density at radius 2 is 2.00 bits per heavy atom. The van der Waals surface area contributed by atoms with Gasteiger partial charge in [-0.3, -0.25) is 9.20 Å². The highest BCUT2D eigenvalue weighted by Crippen LogP contribution is 2.22. The molecule has 0 bridgehead atoms. The number of halogens is 1. The van der Waals surface area contributed by atoms with Crippen molar-refractivity contribution in [2.45, 2.75) is 57.2 Å². The molecule has 0 aliphatic heterocycles. The Bertz CT molecular complexity index is 570. The van der Waals surface area contributed by atoms with Gasteiger partial charge in [0.15, 0.2) is 5.96 Å². The Balaban J connectivity index is 0.00000364. The molecular formula is C20H35IN4OS. The van der Waals surface area contributed by atoms with Crippen LogP contribution in [0.25, 0.3) is 0 Å². The molecule has 1 aliphatic rings. The number of guanidine groups is 1. The SMILES string of the molecule is CCNC(=NCCCNc1ccccc1)NC1CCCC(S(=O)CC)C1.I. The molecule has 1 aromatic rings. The predicted octanol–water partition coefficient (Wildman–Crippen LogP) is 3.74. The van der Waals surface area contributed by atoms with Gasteiger partial charge in [0.1, 0.15) is 0 Å². The van der Waals surface area contributed by atoms with Crippen LogP contribution in [0.3, 0.4) is 0 Å². The third-order valence-electron chi connectivity index (χ3n) is 4.68. The van der Waals surface area contributed by atoms with Crippen molar-refractivity contribution in [3.05, 3.63) is 30.3 Å². The molecule has 2 rings (SSSR count). The second kappa shape index (κ2) is 14.2. The van der Waals surface area contributed by atoms with Gasteiger partial charge in [0.05, 0.1) is 0 Å². The Morgan fingerprint density at radius 3 is 2.70 bits per heavy atom. The third-order valence-corrected chi connectivity index (χ3v) is 6.42. The normalized spacial score (nSPS) is 21.0. The second-order valence-electron chi connectivity index (χ2n) is 6.71. The first-order valence-electron chi connectivity index (χ1n) is 9.93. The van der Waals surface area contributed by atoms with E-state index in [2.05, 4.69) is 35.0 Å². The average molecular weight is 506 g/mol. The summed E-state index contributed by atoms with van der Waals surface area (Å²) in [6.45, 7) is 6.65. The first-order valence-corrected chi connectivity index (χ1v) is 11.3. The maximum absolute atomic E-state index is 12.1. The van der Waals surface area contributed by atoms with E-state index < -0.39 is 10.8 Å². The number of hydrogen-bond acceptors (Lipinski definition) is 3. The van der Waals surface area contributed by atoms with Crippen LogP contribution < -0.4 is 16.0 Å². The fourth-order valence-electron chi connectivity index (χ4n) is 3.32. The van der Waals surface area contributed by atoms with Gasteiger partial charge in [-0.1, -0.05) is 31.5 Å². The summed E-state index contributed by atoms with van der Waals surface area (Å²) in [4.78, 5) is 4.71. The molecule has 0 aromatic heterocycles. The zero-order chi connectivity index (χ0) is 18.6. The van der Waals surface area contributed by atoms with Crippen molar-refractivity contribution in [3.63, 3.8) is 0 Å². The molecule has 1 saturated carbocycles. The lowest BCUT2D eigenvalue weighted by molar-refractivity contribution is 0.413. The van der Waals surface area contributed by atoms with Gasteiger partial charge >= 0.3 is 0 Å². The lowest BCUT2D eigenvalue weighted by Crippen LogP contribution is -2.46. The van der Waals surface area contributed by atoms with Crippen molar-refractivity contribution in [3.8, 4) is 0 Å². The first kappa shape index (κ1) is 24.2. The lowest BCUT2D eigenvalue weighted by Gasteiger charge is -2.30. The maximum Gasteiger partial charge on any atom is 0.191 e. The molecule has 7 heteroatoms. The van der Waals surface area contributed by atoms with E-state index in [-0.39, 0.29) is 24.0 Å². The molecule has 3 unspecified atom stereocenters. The molecule has 0 saturated heterocycles. The van der Waals surface area contributed by atoms with Crippen LogP contribution in [-0.4, -0.2) is 46.8 Å². The highest BCUT2D eigenvalue weighted by Gasteiger charge is 2.25. The van der Waals surface area contributed by atoms with E-state index in [0.29, 0.717) is 11.3 Å². The van der Waals surface area contributed by atoms with Gasteiger partial charge in [-0.15, -0.1) is 24.0 Å². The number of hydrogen-bond donors (Lipinski definition) is 3. The van der Waals surface area contributed by atoms with Crippen LogP contribution in [0.4, 0.5) is 5.69 Å². The summed E-state index contributed by atoms with van der Waals surface area (Å²) >= 11 is 0. The summed E-state index contributed by atoms with van der Waals surface area (Å²) in [7, 11) is -0.688. The fourth-order valence-corrected chi connectivity index (χ4v) is 4.67. The van der Waals surface area contributed by atoms with Crippen LogP contribution >= 0.6 is 24.0 Å². The summed E-state index contributed by atoms with van der Waals surface area (Å²) < 4.78 is 12.1. The summed E-state index contributed by atoms with van der Waals surface area (Å²) in [6.07, 6.45) is 5.35. The van der Waals surface area contributed by atoms with Crippen molar-refractivity contribution in [1.82, 2.24) is 10.6 Å². The van der Waals surface area contributed by atoms with Crippen molar-refractivity contribution < 1.29 is 4.21 Å². The van der Waals surface area contributed by atoms with Crippen LogP contribution in [0.1, 0.15) is 46.0 Å². The van der Waals surface area contributed by atoms with E-state index in [1.807, 2.05) is 25.1 Å². The third kappa shape index (κ3) is 9.27. The molecule has 1 aliphatic carbocycles. The number of rotatable bonds is 9. The number of aliphatic imine (C=N–C) groups is 1. The van der Waals surface area contributed by atoms with Gasteiger partial charge in [-0.25, -0.2) is 0 Å². The van der Waals surface area contributed by atoms with E-state index in [1.165, 1.54) is 0 Å². The Kier molecular flexibility index (Phi) is 12.7. The van der Waals surface area contributed by atoms with Crippen molar-refractivity contribution in [2.24, 2.45) is 4.99 Å². The van der Waals surface area contributed by atoms with Crippen LogP contribution in [0, 0.1) is 0 Å². The second-order valence-corrected chi connectivity index (χ2v) is 8.71. The Morgan fingerprint density at radius 1 is 1.22 bits per heavy atom. The highest BCUT2D eigenvalue weighted by molar-refractivity contribution is 14.0. The summed E-state index contributed by atoms with van der Waals surface area (Å²) in [5.74, 6) is 1.65. The van der Waals surface area contributed by atoms with Gasteiger partial charge in [0, 0.05) is 53.2 Å². The number of anilines is 1. The smallest absolute Gasteiger partial charge is 0.191 e. The standard InChI is InChI=1S/C20H34N4OS.HI/c1-3-21-20(23-15-9-14-22-17-10-6-5-7-11-17)24-18-12-8-13-19(16-18)26(25)4-2;/h5-7,10-11,18-19,22H,3-4,8-9,12-16H2,1-2H3,(H2,21,23,24);1H. The molecule has 0 spiro atoms. The fraction of sp³-hybridized carbons (Fsp3) is 0.650. The van der Waals surface area contributed by atoms with Gasteiger partial charge in [0.25, 0.3) is 0 Å². The van der Waals surface area contributed by atoms with Gasteiger partial charge in [-0.2, -0.15) is 0 Å². The average Bonchev–Trinajstić information content (AvgIpc) is 2.68. The minimum Gasteiger partial charge on any atom is -0.385 e. The molecule has 1 aromatic carbocycles. The first-order chi connectivity index (χ1) is 12.7. The van der Waals surface area contributed by atoms with Gasteiger partial charge in [-0.05, 0) is 44.7 Å². The van der Waals surface area contributed by atoms with E-state index in [0.717, 1.165) is 69.1 Å². The molecule has 1 fully saturated rings. The Labute approximate surface area is 184 Å². The zero-order valence-corrected chi connectivity index (χ0v) is 19.7. The molecule has 5 nitrogen and oxygen atoms in total. The van der Waals surface area contributed by atoms with E-state index in [9.17, 15) is 4.21 Å². The molecule has 0 radical (unpaired) electrons. The molecule has 0 amide bonds. The van der Waals surface area contributed by atoms with Crippen LogP contribution in [-0.2, 0) is 10.8 Å². The number of benzene rings is 1. The molecular weight excluding hydrogens is 471 g/mol. The van der Waals surface area contributed by atoms with E-state index >= 15 is 0 Å². The molecule has 3 N–H and O–H groups in total. The maximum atomic E-state index is 12.1.